The van der Waals surface area contributed by atoms with Gasteiger partial charge in [0.15, 0.2) is 5.65 Å². The van der Waals surface area contributed by atoms with Gasteiger partial charge in [-0.15, -0.1) is 5.10 Å². The lowest BCUT2D eigenvalue weighted by molar-refractivity contribution is 0.0509. The quantitative estimate of drug-likeness (QED) is 0.744. The lowest BCUT2D eigenvalue weighted by atomic mass is 10.1. The van der Waals surface area contributed by atoms with Crippen molar-refractivity contribution in [1.82, 2.24) is 24.1 Å². The van der Waals surface area contributed by atoms with Crippen LogP contribution in [0, 0.1) is 0 Å². The van der Waals surface area contributed by atoms with Crippen molar-refractivity contribution < 1.29 is 5.11 Å². The van der Waals surface area contributed by atoms with Crippen molar-refractivity contribution in [1.29, 1.82) is 0 Å². The zero-order valence-electron chi connectivity index (χ0n) is 12.1. The van der Waals surface area contributed by atoms with E-state index in [1.165, 1.54) is 15.4 Å². The molecular weight excluding hydrogens is 282 g/mol. The Morgan fingerprint density at radius 2 is 2.18 bits per heavy atom. The van der Waals surface area contributed by atoms with E-state index in [9.17, 15) is 9.90 Å². The Labute approximate surface area is 126 Å². The number of para-hydroxylation sites is 1. The largest absolute Gasteiger partial charge is 0.392 e. The maximum atomic E-state index is 12.5. The van der Waals surface area contributed by atoms with E-state index in [0.29, 0.717) is 18.9 Å². The van der Waals surface area contributed by atoms with Crippen molar-refractivity contribution in [3.63, 3.8) is 0 Å². The Hall–Kier alpha value is -2.25. The molecule has 0 bridgehead atoms. The van der Waals surface area contributed by atoms with E-state index in [2.05, 4.69) is 15.0 Å². The van der Waals surface area contributed by atoms with Crippen LogP contribution in [0.15, 0.2) is 35.4 Å². The van der Waals surface area contributed by atoms with E-state index in [0.717, 1.165) is 30.3 Å². The standard InChI is InChI=1S/C15H17N5O2/c21-11-4-3-7-18(8-11)10-20-15(22)19-9-16-13-6-2-1-5-12(13)14(19)17-20/h1-2,5-6,9,11,21H,3-4,7-8,10H2/t11-/m1/s1. The number of benzene rings is 1. The lowest BCUT2D eigenvalue weighted by Crippen LogP contribution is -2.41. The van der Waals surface area contributed by atoms with Gasteiger partial charge < -0.3 is 5.11 Å². The fourth-order valence-electron chi connectivity index (χ4n) is 3.04. The summed E-state index contributed by atoms with van der Waals surface area (Å²) < 4.78 is 2.92. The molecule has 22 heavy (non-hydrogen) atoms. The third-order valence-corrected chi connectivity index (χ3v) is 4.14. The fraction of sp³-hybridized carbons (Fsp3) is 0.400. The smallest absolute Gasteiger partial charge is 0.352 e. The number of fused-ring (bicyclic) bond motifs is 3. The van der Waals surface area contributed by atoms with E-state index in [4.69, 9.17) is 0 Å². The van der Waals surface area contributed by atoms with Crippen LogP contribution < -0.4 is 5.69 Å². The van der Waals surface area contributed by atoms with Gasteiger partial charge in [-0.3, -0.25) is 4.90 Å². The van der Waals surface area contributed by atoms with Crippen LogP contribution in [0.2, 0.25) is 0 Å². The second kappa shape index (κ2) is 5.19. The van der Waals surface area contributed by atoms with Crippen LogP contribution in [0.25, 0.3) is 16.6 Å². The molecule has 0 saturated carbocycles. The van der Waals surface area contributed by atoms with Crippen LogP contribution in [0.1, 0.15) is 12.8 Å². The van der Waals surface area contributed by atoms with Gasteiger partial charge in [0.05, 0.1) is 18.3 Å². The molecule has 0 unspecified atom stereocenters. The minimum absolute atomic E-state index is 0.201. The molecule has 0 radical (unpaired) electrons. The molecule has 7 heteroatoms. The molecular formula is C15H17N5O2. The molecule has 1 saturated heterocycles. The molecule has 1 aliphatic heterocycles. The molecule has 0 spiro atoms. The van der Waals surface area contributed by atoms with Crippen LogP contribution in [0.5, 0.6) is 0 Å². The predicted molar refractivity (Wildman–Crippen MR) is 81.6 cm³/mol. The number of aliphatic hydroxyl groups excluding tert-OH is 1. The van der Waals surface area contributed by atoms with Crippen LogP contribution in [0.3, 0.4) is 0 Å². The van der Waals surface area contributed by atoms with E-state index in [1.54, 1.807) is 0 Å². The van der Waals surface area contributed by atoms with Gasteiger partial charge in [-0.2, -0.15) is 4.68 Å². The number of hydrogen-bond acceptors (Lipinski definition) is 5. The van der Waals surface area contributed by atoms with Crippen LogP contribution in [-0.4, -0.2) is 48.4 Å². The van der Waals surface area contributed by atoms with Gasteiger partial charge in [0.25, 0.3) is 0 Å². The first-order valence-corrected chi connectivity index (χ1v) is 7.46. The number of rotatable bonds is 2. The maximum Gasteiger partial charge on any atom is 0.352 e. The van der Waals surface area contributed by atoms with Gasteiger partial charge >= 0.3 is 5.69 Å². The Balaban J connectivity index is 1.77. The van der Waals surface area contributed by atoms with Gasteiger partial charge in [0, 0.05) is 18.5 Å². The van der Waals surface area contributed by atoms with Gasteiger partial charge in [-0.1, -0.05) is 12.1 Å². The van der Waals surface area contributed by atoms with Gasteiger partial charge in [-0.05, 0) is 25.0 Å². The highest BCUT2D eigenvalue weighted by Crippen LogP contribution is 2.15. The molecule has 3 aromatic rings. The summed E-state index contributed by atoms with van der Waals surface area (Å²) >= 11 is 0. The van der Waals surface area contributed by atoms with Crippen LogP contribution in [-0.2, 0) is 6.67 Å². The highest BCUT2D eigenvalue weighted by Gasteiger charge is 2.19. The first-order valence-electron chi connectivity index (χ1n) is 7.46. The first-order chi connectivity index (χ1) is 10.7. The van der Waals surface area contributed by atoms with E-state index in [1.807, 2.05) is 24.3 Å². The zero-order chi connectivity index (χ0) is 15.1. The Morgan fingerprint density at radius 1 is 1.32 bits per heavy atom. The highest BCUT2D eigenvalue weighted by atomic mass is 16.3. The number of β-amino-alcohol motifs (C(OH)–C–C–N with tert-alkyl or cyclic N) is 1. The Kier molecular flexibility index (Phi) is 3.16. The number of aromatic nitrogens is 4. The molecule has 1 atom stereocenters. The van der Waals surface area contributed by atoms with Gasteiger partial charge in [0.1, 0.15) is 6.33 Å². The highest BCUT2D eigenvalue weighted by molar-refractivity contribution is 5.90. The lowest BCUT2D eigenvalue weighted by Gasteiger charge is -2.29. The summed E-state index contributed by atoms with van der Waals surface area (Å²) in [5, 5.41) is 15.1. The molecule has 2 aromatic heterocycles. The van der Waals surface area contributed by atoms with E-state index < -0.39 is 0 Å². The Bertz CT molecular complexity index is 884. The molecule has 1 N–H and O–H groups in total. The van der Waals surface area contributed by atoms with Crippen molar-refractivity contribution in [2.75, 3.05) is 13.1 Å². The third kappa shape index (κ3) is 2.18. The van der Waals surface area contributed by atoms with Crippen molar-refractivity contribution in [3.05, 3.63) is 41.1 Å². The molecule has 1 aliphatic rings. The third-order valence-electron chi connectivity index (χ3n) is 4.14. The van der Waals surface area contributed by atoms with Crippen LogP contribution in [0.4, 0.5) is 0 Å². The van der Waals surface area contributed by atoms with Crippen molar-refractivity contribution in [3.8, 4) is 0 Å². The van der Waals surface area contributed by atoms with E-state index >= 15 is 0 Å². The summed E-state index contributed by atoms with van der Waals surface area (Å²) in [5.74, 6) is 0. The van der Waals surface area contributed by atoms with Gasteiger partial charge in [-0.25, -0.2) is 14.2 Å². The Morgan fingerprint density at radius 3 is 3.05 bits per heavy atom. The average Bonchev–Trinajstić information content (AvgIpc) is 2.84. The summed E-state index contributed by atoms with van der Waals surface area (Å²) in [4.78, 5) is 18.8. The summed E-state index contributed by atoms with van der Waals surface area (Å²) in [6, 6.07) is 7.64. The van der Waals surface area contributed by atoms with Crippen LogP contribution >= 0.6 is 0 Å². The number of likely N-dealkylation sites (tertiary alicyclic amines) is 1. The van der Waals surface area contributed by atoms with Crippen molar-refractivity contribution in [2.45, 2.75) is 25.6 Å². The second-order valence-corrected chi connectivity index (χ2v) is 5.75. The molecule has 0 aliphatic carbocycles. The summed E-state index contributed by atoms with van der Waals surface area (Å²) in [6.07, 6.45) is 2.97. The van der Waals surface area contributed by atoms with Crippen molar-refractivity contribution >= 4 is 16.6 Å². The number of hydrogen-bond donors (Lipinski definition) is 1. The fourth-order valence-corrected chi connectivity index (χ4v) is 3.04. The summed E-state index contributed by atoms with van der Waals surface area (Å²) in [5.41, 5.74) is 1.24. The molecule has 4 rings (SSSR count). The second-order valence-electron chi connectivity index (χ2n) is 5.75. The first kappa shape index (κ1) is 13.4. The average molecular weight is 299 g/mol. The molecule has 7 nitrogen and oxygen atoms in total. The topological polar surface area (TPSA) is 75.7 Å². The SMILES string of the molecule is O=c1n(CN2CCC[C@@H](O)C2)nc2c3ccccc3ncn12. The number of piperidine rings is 1. The molecule has 1 fully saturated rings. The maximum absolute atomic E-state index is 12.5. The monoisotopic (exact) mass is 299 g/mol. The normalized spacial score (nSPS) is 20.0. The molecule has 3 heterocycles. The summed E-state index contributed by atoms with van der Waals surface area (Å²) in [6.45, 7) is 1.85. The molecule has 0 amide bonds. The minimum atomic E-state index is -0.316. The number of nitrogens with zero attached hydrogens (tertiary/aromatic N) is 5. The van der Waals surface area contributed by atoms with Gasteiger partial charge in [0.2, 0.25) is 0 Å². The van der Waals surface area contributed by atoms with E-state index in [-0.39, 0.29) is 11.8 Å². The summed E-state index contributed by atoms with van der Waals surface area (Å²) in [7, 11) is 0. The molecule has 1 aromatic carbocycles. The molecule has 114 valence electrons. The van der Waals surface area contributed by atoms with Crippen molar-refractivity contribution in [2.24, 2.45) is 0 Å². The zero-order valence-corrected chi connectivity index (χ0v) is 12.1. The number of aliphatic hydroxyl groups is 1. The predicted octanol–water partition coefficient (Wildman–Crippen LogP) is 0.458. The minimum Gasteiger partial charge on any atom is -0.392 e.